The second-order valence-corrected chi connectivity index (χ2v) is 19.1. The van der Waals surface area contributed by atoms with Crippen molar-refractivity contribution in [2.24, 2.45) is 0 Å². The molecule has 0 amide bonds. The molecule has 0 aliphatic heterocycles. The van der Waals surface area contributed by atoms with Crippen molar-refractivity contribution < 1.29 is 0 Å². The van der Waals surface area contributed by atoms with Crippen molar-refractivity contribution in [3.05, 3.63) is 292 Å². The molecule has 4 aliphatic rings. The lowest BCUT2D eigenvalue weighted by molar-refractivity contribution is 0.633. The fourth-order valence-electron chi connectivity index (χ4n) is 13.2. The third kappa shape index (κ3) is 4.64. The van der Waals surface area contributed by atoms with E-state index < -0.39 is 10.8 Å². The van der Waals surface area contributed by atoms with E-state index in [2.05, 4.69) is 255 Å². The molecule has 0 heterocycles. The second kappa shape index (κ2) is 13.5. The maximum absolute atomic E-state index is 2.59. The van der Waals surface area contributed by atoms with Gasteiger partial charge in [0.05, 0.1) is 16.5 Å². The monoisotopic (exact) mass is 839 g/mol. The fourth-order valence-corrected chi connectivity index (χ4v) is 13.2. The summed E-state index contributed by atoms with van der Waals surface area (Å²) in [5.74, 6) is 0. The lowest BCUT2D eigenvalue weighted by Gasteiger charge is -2.50. The van der Waals surface area contributed by atoms with Crippen molar-refractivity contribution in [3.8, 4) is 44.5 Å². The van der Waals surface area contributed by atoms with Crippen molar-refractivity contribution >= 4 is 17.1 Å². The molecule has 310 valence electrons. The van der Waals surface area contributed by atoms with Gasteiger partial charge in [-0.25, -0.2) is 0 Å². The minimum Gasteiger partial charge on any atom is -0.310 e. The van der Waals surface area contributed by atoms with Crippen LogP contribution in [0.2, 0.25) is 0 Å². The number of nitrogens with zero attached hydrogens (tertiary/aromatic N) is 1. The highest BCUT2D eigenvalue weighted by Gasteiger charge is 2.60. The fraction of sp³-hybridized carbons (Fsp3) is 0.0769. The quantitative estimate of drug-likeness (QED) is 0.171. The van der Waals surface area contributed by atoms with E-state index in [1.807, 2.05) is 0 Å². The Bertz CT molecular complexity index is 3540. The smallest absolute Gasteiger partial charge is 0.0740 e. The predicted molar refractivity (Wildman–Crippen MR) is 272 cm³/mol. The van der Waals surface area contributed by atoms with Crippen LogP contribution in [0.25, 0.3) is 44.5 Å². The van der Waals surface area contributed by atoms with Crippen LogP contribution in [0.4, 0.5) is 17.1 Å². The highest BCUT2D eigenvalue weighted by molar-refractivity contribution is 5.97. The van der Waals surface area contributed by atoms with Gasteiger partial charge in [0.15, 0.2) is 0 Å². The Hall–Kier alpha value is -8.00. The van der Waals surface area contributed by atoms with Gasteiger partial charge in [0.25, 0.3) is 0 Å². The molecule has 1 nitrogen and oxygen atoms in total. The lowest BCUT2D eigenvalue weighted by atomic mass is 9.52. The molecule has 2 spiro atoms. The maximum atomic E-state index is 2.59. The summed E-state index contributed by atoms with van der Waals surface area (Å²) in [4.78, 5) is 2.59. The summed E-state index contributed by atoms with van der Waals surface area (Å²) < 4.78 is 0. The van der Waals surface area contributed by atoms with Gasteiger partial charge < -0.3 is 4.90 Å². The Morgan fingerprint density at radius 1 is 0.273 bits per heavy atom. The third-order valence-electron chi connectivity index (χ3n) is 15.8. The Kier molecular flexibility index (Phi) is 7.66. The molecule has 0 unspecified atom stereocenters. The van der Waals surface area contributed by atoms with Gasteiger partial charge in [0.2, 0.25) is 0 Å². The summed E-state index contributed by atoms with van der Waals surface area (Å²) in [5.41, 5.74) is 25.6. The third-order valence-corrected chi connectivity index (χ3v) is 15.8. The van der Waals surface area contributed by atoms with Gasteiger partial charge in [-0.05, 0) is 125 Å². The second-order valence-electron chi connectivity index (χ2n) is 19.1. The maximum Gasteiger partial charge on any atom is 0.0740 e. The average Bonchev–Trinajstić information content (AvgIpc) is 3.93. The SMILES string of the molecule is CC1(C)c2ccccc2-c2ccc(N(c3ccc(-c4ccccc4)cc3)c3cccc4c3C3(c5ccccc5-c5ccccc53)c3ccccc3C43c4ccccc4-c4ccccc43)cc21. The van der Waals surface area contributed by atoms with E-state index in [0.717, 1.165) is 11.4 Å². The first-order valence-corrected chi connectivity index (χ1v) is 23.3. The molecule has 0 fully saturated rings. The molecule has 14 rings (SSSR count). The summed E-state index contributed by atoms with van der Waals surface area (Å²) >= 11 is 0. The first-order valence-electron chi connectivity index (χ1n) is 23.3. The first-order chi connectivity index (χ1) is 32.5. The van der Waals surface area contributed by atoms with Crippen LogP contribution in [0, 0.1) is 0 Å². The van der Waals surface area contributed by atoms with Gasteiger partial charge in [0, 0.05) is 22.4 Å². The van der Waals surface area contributed by atoms with Gasteiger partial charge in [-0.1, -0.05) is 220 Å². The Morgan fingerprint density at radius 2 is 0.667 bits per heavy atom. The Labute approximate surface area is 387 Å². The van der Waals surface area contributed by atoms with Crippen LogP contribution in [-0.2, 0) is 16.2 Å². The van der Waals surface area contributed by atoms with Crippen LogP contribution in [0.1, 0.15) is 69.5 Å². The van der Waals surface area contributed by atoms with Crippen molar-refractivity contribution in [2.45, 2.75) is 30.1 Å². The number of hydrogen-bond acceptors (Lipinski definition) is 1. The largest absolute Gasteiger partial charge is 0.310 e. The number of rotatable bonds is 4. The summed E-state index contributed by atoms with van der Waals surface area (Å²) in [6, 6.07) is 89.7. The molecule has 0 aromatic heterocycles. The molecule has 4 aliphatic carbocycles. The van der Waals surface area contributed by atoms with Crippen molar-refractivity contribution in [1.29, 1.82) is 0 Å². The number of fused-ring (bicyclic) bond motifs is 19. The number of hydrogen-bond donors (Lipinski definition) is 0. The zero-order valence-electron chi connectivity index (χ0n) is 37.0. The van der Waals surface area contributed by atoms with Gasteiger partial charge in [-0.15, -0.1) is 0 Å². The van der Waals surface area contributed by atoms with E-state index in [0.29, 0.717) is 0 Å². The van der Waals surface area contributed by atoms with Gasteiger partial charge in [0.1, 0.15) is 0 Å². The van der Waals surface area contributed by atoms with Crippen molar-refractivity contribution in [1.82, 2.24) is 0 Å². The minimum absolute atomic E-state index is 0.175. The molecular weight excluding hydrogens is 795 g/mol. The molecule has 0 saturated carbocycles. The summed E-state index contributed by atoms with van der Waals surface area (Å²) in [6.45, 7) is 4.78. The summed E-state index contributed by atoms with van der Waals surface area (Å²) in [6.07, 6.45) is 0. The summed E-state index contributed by atoms with van der Waals surface area (Å²) in [7, 11) is 0. The number of benzene rings is 10. The zero-order chi connectivity index (χ0) is 43.8. The van der Waals surface area contributed by atoms with E-state index in [9.17, 15) is 0 Å². The van der Waals surface area contributed by atoms with Gasteiger partial charge in [-0.2, -0.15) is 0 Å². The van der Waals surface area contributed by atoms with E-state index in [4.69, 9.17) is 0 Å². The molecule has 0 bridgehead atoms. The average molecular weight is 840 g/mol. The zero-order valence-corrected chi connectivity index (χ0v) is 37.0. The minimum atomic E-state index is -0.651. The standard InChI is InChI=1S/C65H45N/c1-63(2)52-26-11-6-21-46(52)51-40-39-45(41-60(51)63)66(44-37-35-43(36-38-44)42-19-4-3-5-20-42)61-34-18-33-59-62(61)65(55-29-14-9-24-49(55)50-25-10-15-30-56(50)65)58-32-17-16-31-57(58)64(59)53-27-12-7-22-47(53)48-23-8-13-28-54(48)64/h3-41H,1-2H3. The van der Waals surface area contributed by atoms with Crippen molar-refractivity contribution in [2.75, 3.05) is 4.90 Å². The van der Waals surface area contributed by atoms with E-state index in [1.54, 1.807) is 0 Å². The molecule has 0 radical (unpaired) electrons. The molecule has 0 atom stereocenters. The first kappa shape index (κ1) is 37.4. The van der Waals surface area contributed by atoms with Crippen LogP contribution in [0.3, 0.4) is 0 Å². The van der Waals surface area contributed by atoms with Gasteiger partial charge >= 0.3 is 0 Å². The highest BCUT2D eigenvalue weighted by atomic mass is 15.1. The molecule has 0 N–H and O–H groups in total. The number of anilines is 3. The van der Waals surface area contributed by atoms with Crippen molar-refractivity contribution in [3.63, 3.8) is 0 Å². The highest BCUT2D eigenvalue weighted by Crippen LogP contribution is 2.69. The van der Waals surface area contributed by atoms with Crippen LogP contribution >= 0.6 is 0 Å². The van der Waals surface area contributed by atoms with E-state index in [-0.39, 0.29) is 5.41 Å². The lowest BCUT2D eigenvalue weighted by Crippen LogP contribution is -2.44. The predicted octanol–water partition coefficient (Wildman–Crippen LogP) is 16.2. The summed E-state index contributed by atoms with van der Waals surface area (Å²) in [5, 5.41) is 0. The topological polar surface area (TPSA) is 3.24 Å². The van der Waals surface area contributed by atoms with Crippen LogP contribution in [-0.4, -0.2) is 0 Å². The molecule has 1 heteroatoms. The normalized spacial score (nSPS) is 15.2. The Morgan fingerprint density at radius 3 is 1.23 bits per heavy atom. The molecule has 66 heavy (non-hydrogen) atoms. The van der Waals surface area contributed by atoms with E-state index >= 15 is 0 Å². The molecule has 10 aromatic rings. The Balaban J connectivity index is 1.14. The van der Waals surface area contributed by atoms with Crippen LogP contribution < -0.4 is 4.90 Å². The molecule has 0 saturated heterocycles. The van der Waals surface area contributed by atoms with E-state index in [1.165, 1.54) is 106 Å². The van der Waals surface area contributed by atoms with Gasteiger partial charge in [-0.3, -0.25) is 0 Å². The van der Waals surface area contributed by atoms with Crippen LogP contribution in [0.5, 0.6) is 0 Å². The molecular formula is C65H45N. The van der Waals surface area contributed by atoms with Crippen LogP contribution in [0.15, 0.2) is 237 Å². The molecule has 10 aromatic carbocycles.